The molecule has 1 heterocycles. The van der Waals surface area contributed by atoms with Crippen LogP contribution >= 0.6 is 0 Å². The molecule has 0 nitrogen and oxygen atoms in total. The van der Waals surface area contributed by atoms with Gasteiger partial charge in [0.25, 0.3) is 0 Å². The summed E-state index contributed by atoms with van der Waals surface area (Å²) in [7, 11) is 0. The minimum atomic E-state index is 0.708. The molecule has 1 aliphatic rings. The van der Waals surface area contributed by atoms with Gasteiger partial charge in [-0.25, -0.2) is 0 Å². The fourth-order valence-electron chi connectivity index (χ4n) is 0.219. The Labute approximate surface area is 50.0 Å². The fraction of sp³-hybridized carbons (Fsp3) is 0. The Morgan fingerprint density at radius 1 is 0.667 bits per heavy atom. The Morgan fingerprint density at radius 3 is 1.17 bits per heavy atom. The zero-order chi connectivity index (χ0) is 4.24. The third kappa shape index (κ3) is 1.32. The Hall–Kier alpha value is 0.519. The predicted octanol–water partition coefficient (Wildman–Crippen LogP) is 0.351. The van der Waals surface area contributed by atoms with Crippen molar-refractivity contribution in [1.29, 1.82) is 0 Å². The number of hydrogen-bond donors (Lipinski definition) is 0. The number of rotatable bonds is 0. The molecule has 0 spiro atoms. The van der Waals surface area contributed by atoms with Gasteiger partial charge in [0.15, 0.2) is 0 Å². The van der Waals surface area contributed by atoms with Crippen molar-refractivity contribution in [1.82, 2.24) is 0 Å². The van der Waals surface area contributed by atoms with Crippen LogP contribution in [0.3, 0.4) is 0 Å². The SMILES string of the molecule is C1=C[Se]C=C[Se]1. The van der Waals surface area contributed by atoms with Crippen LogP contribution in [0.2, 0.25) is 0 Å². The maximum absolute atomic E-state index is 2.27. The molecule has 1 aliphatic heterocycles. The molecule has 0 saturated heterocycles. The average molecular weight is 210 g/mol. The summed E-state index contributed by atoms with van der Waals surface area (Å²) in [4.78, 5) is 9.08. The van der Waals surface area contributed by atoms with Gasteiger partial charge < -0.3 is 0 Å². The van der Waals surface area contributed by atoms with Crippen molar-refractivity contribution in [2.24, 2.45) is 0 Å². The van der Waals surface area contributed by atoms with E-state index >= 15 is 0 Å². The molecule has 0 N–H and O–H groups in total. The van der Waals surface area contributed by atoms with Gasteiger partial charge in [0.05, 0.1) is 0 Å². The summed E-state index contributed by atoms with van der Waals surface area (Å²) in [5.41, 5.74) is 0. The standard InChI is InChI=1S/C4H4Se2/c1-2-6-4-3-5-1/h1-4H. The molecule has 0 aromatic rings. The predicted molar refractivity (Wildman–Crippen MR) is 29.8 cm³/mol. The van der Waals surface area contributed by atoms with Gasteiger partial charge in [-0.2, -0.15) is 0 Å². The van der Waals surface area contributed by atoms with Crippen molar-refractivity contribution < 1.29 is 0 Å². The first-order valence-electron chi connectivity index (χ1n) is 1.61. The topological polar surface area (TPSA) is 0 Å². The Morgan fingerprint density at radius 2 is 1.00 bits per heavy atom. The summed E-state index contributed by atoms with van der Waals surface area (Å²) >= 11 is 1.42. The Bertz CT molecular complexity index is 63.5. The number of hydrogen-bond acceptors (Lipinski definition) is 0. The van der Waals surface area contributed by atoms with E-state index in [4.69, 9.17) is 0 Å². The third-order valence-corrected chi connectivity index (χ3v) is 4.63. The van der Waals surface area contributed by atoms with Gasteiger partial charge in [-0.15, -0.1) is 0 Å². The zero-order valence-corrected chi connectivity index (χ0v) is 6.55. The van der Waals surface area contributed by atoms with Crippen LogP contribution in [-0.4, -0.2) is 29.9 Å². The second kappa shape index (κ2) is 2.65. The molecule has 0 aromatic carbocycles. The van der Waals surface area contributed by atoms with Crippen molar-refractivity contribution in [3.8, 4) is 0 Å². The van der Waals surface area contributed by atoms with Crippen molar-refractivity contribution in [2.75, 3.05) is 0 Å². The van der Waals surface area contributed by atoms with Crippen molar-refractivity contribution in [3.63, 3.8) is 0 Å². The molecule has 2 heteroatoms. The second-order valence-corrected chi connectivity index (χ2v) is 4.24. The summed E-state index contributed by atoms with van der Waals surface area (Å²) in [5, 5.41) is 0. The van der Waals surface area contributed by atoms with Crippen LogP contribution in [-0.2, 0) is 0 Å². The second-order valence-electron chi connectivity index (χ2n) is 0.816. The quantitative estimate of drug-likeness (QED) is 0.506. The van der Waals surface area contributed by atoms with Crippen molar-refractivity contribution in [3.05, 3.63) is 19.9 Å². The van der Waals surface area contributed by atoms with E-state index in [1.807, 2.05) is 0 Å². The van der Waals surface area contributed by atoms with E-state index in [0.29, 0.717) is 29.9 Å². The molecule has 0 aromatic heterocycles. The van der Waals surface area contributed by atoms with E-state index < -0.39 is 0 Å². The van der Waals surface area contributed by atoms with Crippen LogP contribution in [0.15, 0.2) is 19.9 Å². The molecule has 0 radical (unpaired) electrons. The van der Waals surface area contributed by atoms with E-state index in [1.165, 1.54) is 0 Å². The maximum atomic E-state index is 2.27. The molecular weight excluding hydrogens is 206 g/mol. The van der Waals surface area contributed by atoms with E-state index in [0.717, 1.165) is 0 Å². The van der Waals surface area contributed by atoms with E-state index in [9.17, 15) is 0 Å². The first-order chi connectivity index (χ1) is 3.00. The first-order valence-corrected chi connectivity index (χ1v) is 5.57. The van der Waals surface area contributed by atoms with Gasteiger partial charge in [0.1, 0.15) is 0 Å². The molecule has 0 amide bonds. The molecule has 0 bridgehead atoms. The van der Waals surface area contributed by atoms with Gasteiger partial charge in [-0.1, -0.05) is 0 Å². The van der Waals surface area contributed by atoms with E-state index in [2.05, 4.69) is 19.9 Å². The molecule has 0 fully saturated rings. The minimum absolute atomic E-state index is 0.708. The van der Waals surface area contributed by atoms with Crippen molar-refractivity contribution in [2.45, 2.75) is 0 Å². The van der Waals surface area contributed by atoms with Gasteiger partial charge in [0, 0.05) is 0 Å². The van der Waals surface area contributed by atoms with E-state index in [-0.39, 0.29) is 0 Å². The van der Waals surface area contributed by atoms with Gasteiger partial charge in [-0.05, 0) is 0 Å². The molecular formula is C4H4Se2. The Kier molecular flexibility index (Phi) is 2.07. The van der Waals surface area contributed by atoms with Gasteiger partial charge in [-0.3, -0.25) is 0 Å². The van der Waals surface area contributed by atoms with E-state index in [1.54, 1.807) is 0 Å². The molecule has 0 aliphatic carbocycles. The summed E-state index contributed by atoms with van der Waals surface area (Å²) in [6.45, 7) is 0. The van der Waals surface area contributed by atoms with Gasteiger partial charge >= 0.3 is 49.8 Å². The van der Waals surface area contributed by atoms with Crippen LogP contribution in [0.5, 0.6) is 0 Å². The first kappa shape index (κ1) is 4.67. The summed E-state index contributed by atoms with van der Waals surface area (Å²) in [6, 6.07) is 0. The molecule has 0 atom stereocenters. The average Bonchev–Trinajstić information content (AvgIpc) is 1.72. The third-order valence-electron chi connectivity index (χ3n) is 0.425. The fourth-order valence-corrected chi connectivity index (χ4v) is 3.94. The van der Waals surface area contributed by atoms with Gasteiger partial charge in [0.2, 0.25) is 0 Å². The molecule has 32 valence electrons. The molecule has 6 heavy (non-hydrogen) atoms. The normalized spacial score (nSPS) is 18.7. The summed E-state index contributed by atoms with van der Waals surface area (Å²) in [6.07, 6.45) is 0. The monoisotopic (exact) mass is 212 g/mol. The molecule has 1 rings (SSSR count). The molecule has 0 unspecified atom stereocenters. The van der Waals surface area contributed by atoms with Crippen molar-refractivity contribution >= 4 is 29.9 Å². The van der Waals surface area contributed by atoms with Crippen LogP contribution in [0.25, 0.3) is 0 Å². The Balaban J connectivity index is 2.40. The zero-order valence-electron chi connectivity index (χ0n) is 3.13. The molecule has 0 saturated carbocycles. The van der Waals surface area contributed by atoms with Crippen LogP contribution in [0.1, 0.15) is 0 Å². The summed E-state index contributed by atoms with van der Waals surface area (Å²) < 4.78 is 0. The summed E-state index contributed by atoms with van der Waals surface area (Å²) in [5.74, 6) is 0. The van der Waals surface area contributed by atoms with Crippen LogP contribution in [0, 0.1) is 0 Å². The van der Waals surface area contributed by atoms with Crippen LogP contribution in [0.4, 0.5) is 0 Å². The van der Waals surface area contributed by atoms with Crippen LogP contribution < -0.4 is 0 Å².